The van der Waals surface area contributed by atoms with Gasteiger partial charge in [-0.25, -0.2) is 4.68 Å². The first-order valence-corrected chi connectivity index (χ1v) is 9.83. The van der Waals surface area contributed by atoms with Crippen LogP contribution < -0.4 is 0 Å². The molecule has 2 aromatic rings. The van der Waals surface area contributed by atoms with Crippen molar-refractivity contribution in [1.29, 1.82) is 0 Å². The molecule has 1 saturated heterocycles. The third kappa shape index (κ3) is 5.29. The SMILES string of the molecule is CCN(Cc1cn(-c2cccnc2)nc1Cl)C(=O)C1CN(C(=O)CCC(F)(F)F)C1. The van der Waals surface area contributed by atoms with Gasteiger partial charge in [0.25, 0.3) is 0 Å². The summed E-state index contributed by atoms with van der Waals surface area (Å²) in [7, 11) is 0. The molecular weight excluding hydrogens is 423 g/mol. The van der Waals surface area contributed by atoms with Gasteiger partial charge >= 0.3 is 6.18 Å². The molecule has 0 bridgehead atoms. The first-order valence-electron chi connectivity index (χ1n) is 9.45. The van der Waals surface area contributed by atoms with Crippen molar-refractivity contribution in [2.45, 2.75) is 32.5 Å². The summed E-state index contributed by atoms with van der Waals surface area (Å²) >= 11 is 6.23. The molecule has 3 heterocycles. The molecule has 2 aromatic heterocycles. The van der Waals surface area contributed by atoms with E-state index >= 15 is 0 Å². The summed E-state index contributed by atoms with van der Waals surface area (Å²) < 4.78 is 38.3. The lowest BCUT2D eigenvalue weighted by Gasteiger charge is -2.40. The number of rotatable bonds is 7. The molecule has 2 amide bonds. The molecule has 1 aliphatic heterocycles. The number of hydrogen-bond acceptors (Lipinski definition) is 4. The molecule has 162 valence electrons. The molecule has 0 saturated carbocycles. The number of nitrogens with zero attached hydrogens (tertiary/aromatic N) is 5. The highest BCUT2D eigenvalue weighted by Gasteiger charge is 2.39. The third-order valence-corrected chi connectivity index (χ3v) is 5.23. The van der Waals surface area contributed by atoms with Crippen LogP contribution in [0.1, 0.15) is 25.3 Å². The predicted molar refractivity (Wildman–Crippen MR) is 103 cm³/mol. The Bertz CT molecular complexity index is 897. The van der Waals surface area contributed by atoms with Crippen molar-refractivity contribution in [3.63, 3.8) is 0 Å². The minimum atomic E-state index is -4.37. The normalized spacial score (nSPS) is 14.5. The van der Waals surface area contributed by atoms with Gasteiger partial charge in [-0.1, -0.05) is 11.6 Å². The molecule has 1 fully saturated rings. The Hall–Kier alpha value is -2.62. The molecule has 0 unspecified atom stereocenters. The second kappa shape index (κ2) is 9.03. The van der Waals surface area contributed by atoms with E-state index in [1.165, 1.54) is 4.90 Å². The highest BCUT2D eigenvalue weighted by Crippen LogP contribution is 2.26. The summed E-state index contributed by atoms with van der Waals surface area (Å²) in [5.74, 6) is -1.17. The fourth-order valence-corrected chi connectivity index (χ4v) is 3.36. The average Bonchev–Trinajstić information content (AvgIpc) is 3.03. The maximum absolute atomic E-state index is 12.8. The van der Waals surface area contributed by atoms with Crippen LogP contribution in [0.25, 0.3) is 5.69 Å². The van der Waals surface area contributed by atoms with Gasteiger partial charge < -0.3 is 9.80 Å². The number of likely N-dealkylation sites (tertiary alicyclic amines) is 1. The summed E-state index contributed by atoms with van der Waals surface area (Å²) in [6, 6.07) is 3.59. The van der Waals surface area contributed by atoms with Gasteiger partial charge in [0.05, 0.1) is 30.8 Å². The van der Waals surface area contributed by atoms with Crippen molar-refractivity contribution in [2.75, 3.05) is 19.6 Å². The number of alkyl halides is 3. The summed E-state index contributed by atoms with van der Waals surface area (Å²) in [6.07, 6.45) is -1.11. The molecule has 11 heteroatoms. The maximum atomic E-state index is 12.8. The number of hydrogen-bond donors (Lipinski definition) is 0. The van der Waals surface area contributed by atoms with Gasteiger partial charge in [0.2, 0.25) is 11.8 Å². The van der Waals surface area contributed by atoms with E-state index in [4.69, 9.17) is 11.6 Å². The Balaban J connectivity index is 1.57. The summed E-state index contributed by atoms with van der Waals surface area (Å²) in [4.78, 5) is 31.5. The van der Waals surface area contributed by atoms with E-state index in [0.717, 1.165) is 5.69 Å². The van der Waals surface area contributed by atoms with Crippen molar-refractivity contribution in [1.82, 2.24) is 24.6 Å². The van der Waals surface area contributed by atoms with Crippen molar-refractivity contribution in [3.05, 3.63) is 41.4 Å². The van der Waals surface area contributed by atoms with Crippen molar-refractivity contribution in [2.24, 2.45) is 5.92 Å². The molecule has 0 N–H and O–H groups in total. The number of pyridine rings is 1. The Morgan fingerprint density at radius 1 is 1.33 bits per heavy atom. The molecule has 0 radical (unpaired) electrons. The highest BCUT2D eigenvalue weighted by molar-refractivity contribution is 6.30. The number of amides is 2. The minimum Gasteiger partial charge on any atom is -0.341 e. The minimum absolute atomic E-state index is 0.134. The number of carbonyl (C=O) groups excluding carboxylic acids is 2. The summed E-state index contributed by atoms with van der Waals surface area (Å²) in [5, 5.41) is 4.51. The zero-order chi connectivity index (χ0) is 21.9. The van der Waals surface area contributed by atoms with E-state index in [1.807, 2.05) is 13.0 Å². The monoisotopic (exact) mass is 443 g/mol. The smallest absolute Gasteiger partial charge is 0.341 e. The van der Waals surface area contributed by atoms with Crippen LogP contribution in [-0.2, 0) is 16.1 Å². The van der Waals surface area contributed by atoms with Crippen LogP contribution in [0.3, 0.4) is 0 Å². The van der Waals surface area contributed by atoms with Crippen molar-refractivity contribution >= 4 is 23.4 Å². The first-order chi connectivity index (χ1) is 14.2. The molecule has 1 aliphatic rings. The van der Waals surface area contributed by atoms with Gasteiger partial charge in [-0.2, -0.15) is 18.3 Å². The molecule has 0 spiro atoms. The van der Waals surface area contributed by atoms with E-state index in [2.05, 4.69) is 10.1 Å². The van der Waals surface area contributed by atoms with Gasteiger partial charge in [-0.3, -0.25) is 14.6 Å². The lowest BCUT2D eigenvalue weighted by Crippen LogP contribution is -2.56. The Morgan fingerprint density at radius 2 is 2.07 bits per heavy atom. The summed E-state index contributed by atoms with van der Waals surface area (Å²) in [5.41, 5.74) is 1.39. The quantitative estimate of drug-likeness (QED) is 0.659. The van der Waals surface area contributed by atoms with E-state index in [9.17, 15) is 22.8 Å². The number of aromatic nitrogens is 3. The van der Waals surface area contributed by atoms with Crippen LogP contribution in [-0.4, -0.2) is 62.2 Å². The van der Waals surface area contributed by atoms with Crippen LogP contribution in [0, 0.1) is 5.92 Å². The van der Waals surface area contributed by atoms with Gasteiger partial charge in [-0.15, -0.1) is 0 Å². The Morgan fingerprint density at radius 3 is 2.67 bits per heavy atom. The molecule has 3 rings (SSSR count). The standard InChI is InChI=1S/C19H21ClF3N5O2/c1-2-26(9-13-12-28(25-17(13)20)15-4-3-7-24-8-15)18(30)14-10-27(11-14)16(29)5-6-19(21,22)23/h3-4,7-8,12,14H,2,5-6,9-11H2,1H3. The second-order valence-corrected chi connectivity index (χ2v) is 7.42. The van der Waals surface area contributed by atoms with Gasteiger partial charge in [-0.05, 0) is 19.1 Å². The average molecular weight is 444 g/mol. The van der Waals surface area contributed by atoms with Crippen molar-refractivity contribution < 1.29 is 22.8 Å². The summed E-state index contributed by atoms with van der Waals surface area (Å²) in [6.45, 7) is 2.75. The predicted octanol–water partition coefficient (Wildman–Crippen LogP) is 3.07. The lowest BCUT2D eigenvalue weighted by molar-refractivity contribution is -0.156. The first kappa shape index (κ1) is 22.1. The third-order valence-electron chi connectivity index (χ3n) is 4.91. The van der Waals surface area contributed by atoms with Crippen LogP contribution in [0.4, 0.5) is 13.2 Å². The molecule has 30 heavy (non-hydrogen) atoms. The molecule has 7 nitrogen and oxygen atoms in total. The van der Waals surface area contributed by atoms with Crippen LogP contribution >= 0.6 is 11.6 Å². The van der Waals surface area contributed by atoms with E-state index in [-0.39, 0.29) is 30.7 Å². The largest absolute Gasteiger partial charge is 0.389 e. The Labute approximate surface area is 176 Å². The van der Waals surface area contributed by atoms with E-state index in [0.29, 0.717) is 12.1 Å². The maximum Gasteiger partial charge on any atom is 0.389 e. The van der Waals surface area contributed by atoms with Crippen LogP contribution in [0.15, 0.2) is 30.7 Å². The number of halogens is 4. The zero-order valence-corrected chi connectivity index (χ0v) is 17.0. The van der Waals surface area contributed by atoms with Gasteiger partial charge in [0.1, 0.15) is 0 Å². The molecule has 0 aliphatic carbocycles. The highest BCUT2D eigenvalue weighted by atomic mass is 35.5. The van der Waals surface area contributed by atoms with E-state index < -0.39 is 30.8 Å². The van der Waals surface area contributed by atoms with Crippen molar-refractivity contribution in [3.8, 4) is 5.69 Å². The van der Waals surface area contributed by atoms with Crippen LogP contribution in [0.2, 0.25) is 5.15 Å². The molecule has 0 aromatic carbocycles. The lowest BCUT2D eigenvalue weighted by atomic mass is 9.97. The van der Waals surface area contributed by atoms with E-state index in [1.54, 1.807) is 34.2 Å². The Kier molecular flexibility index (Phi) is 6.64. The fraction of sp³-hybridized carbons (Fsp3) is 0.474. The molecule has 0 atom stereocenters. The van der Waals surface area contributed by atoms with Gasteiger partial charge in [0, 0.05) is 44.0 Å². The second-order valence-electron chi connectivity index (χ2n) is 7.06. The zero-order valence-electron chi connectivity index (χ0n) is 16.3. The topological polar surface area (TPSA) is 71.3 Å². The van der Waals surface area contributed by atoms with Crippen LogP contribution in [0.5, 0.6) is 0 Å². The fourth-order valence-electron chi connectivity index (χ4n) is 3.17. The van der Waals surface area contributed by atoms with Gasteiger partial charge in [0.15, 0.2) is 5.15 Å². The molecular formula is C19H21ClF3N5O2. The number of carbonyl (C=O) groups is 2.